The molecule has 8 heteroatoms. The molecule has 1 amide bonds. The lowest BCUT2D eigenvalue weighted by molar-refractivity contribution is -0.127. The fourth-order valence-electron chi connectivity index (χ4n) is 2.36. The second-order valence-corrected chi connectivity index (χ2v) is 6.39. The summed E-state index contributed by atoms with van der Waals surface area (Å²) in [6.45, 7) is 1.09. The topological polar surface area (TPSA) is 66.4 Å². The fraction of sp³-hybridized carbons (Fsp3) is 0.529. The Morgan fingerprint density at radius 3 is 2.64 bits per heavy atom. The molecule has 1 aliphatic heterocycles. The molecule has 0 spiro atoms. The van der Waals surface area contributed by atoms with Crippen molar-refractivity contribution in [2.45, 2.75) is 25.4 Å². The van der Waals surface area contributed by atoms with Crippen LogP contribution in [0.4, 0.5) is 0 Å². The Bertz CT molecular complexity index is 647. The number of carbonyl (C=O) groups excluding carboxylic acids is 1. The van der Waals surface area contributed by atoms with E-state index >= 15 is 0 Å². The van der Waals surface area contributed by atoms with Crippen LogP contribution in [0.15, 0.2) is 23.2 Å². The predicted octanol–water partition coefficient (Wildman–Crippen LogP) is 1.66. The van der Waals surface area contributed by atoms with Gasteiger partial charge >= 0.3 is 0 Å². The molecule has 1 heterocycles. The summed E-state index contributed by atoms with van der Waals surface area (Å²) in [6.07, 6.45) is 2.30. The highest BCUT2D eigenvalue weighted by Crippen LogP contribution is 2.32. The molecule has 0 bridgehead atoms. The van der Waals surface area contributed by atoms with Gasteiger partial charge in [0, 0.05) is 33.7 Å². The second-order valence-electron chi connectivity index (χ2n) is 6.39. The molecule has 3 rings (SSSR count). The van der Waals surface area contributed by atoms with Crippen LogP contribution in [0.2, 0.25) is 0 Å². The largest absolute Gasteiger partial charge is 0.454 e. The van der Waals surface area contributed by atoms with E-state index in [0.29, 0.717) is 12.6 Å². The van der Waals surface area contributed by atoms with Gasteiger partial charge in [0.2, 0.25) is 12.7 Å². The van der Waals surface area contributed by atoms with Gasteiger partial charge < -0.3 is 24.6 Å². The predicted molar refractivity (Wildman–Crippen MR) is 107 cm³/mol. The van der Waals surface area contributed by atoms with Crippen molar-refractivity contribution in [3.63, 3.8) is 0 Å². The number of amides is 1. The number of benzene rings is 1. The maximum atomic E-state index is 11.8. The van der Waals surface area contributed by atoms with Crippen LogP contribution in [0.5, 0.6) is 11.5 Å². The van der Waals surface area contributed by atoms with E-state index in [-0.39, 0.29) is 43.2 Å². The van der Waals surface area contributed by atoms with Gasteiger partial charge in [-0.2, -0.15) is 0 Å². The minimum Gasteiger partial charge on any atom is -0.454 e. The van der Waals surface area contributed by atoms with Gasteiger partial charge in [-0.3, -0.25) is 4.79 Å². The molecule has 0 radical (unpaired) electrons. The van der Waals surface area contributed by atoms with Crippen LogP contribution < -0.4 is 14.8 Å². The summed E-state index contributed by atoms with van der Waals surface area (Å²) in [5, 5.41) is 3.41. The SMILES string of the molecule is CN(C)C(=O)CN=C(NC1CC1)N(C)Cc1ccc2c(c1)OCO2.I. The summed E-state index contributed by atoms with van der Waals surface area (Å²) >= 11 is 0. The highest BCUT2D eigenvalue weighted by Gasteiger charge is 2.24. The molecule has 2 aliphatic rings. The van der Waals surface area contributed by atoms with Gasteiger partial charge in [0.15, 0.2) is 17.5 Å². The highest BCUT2D eigenvalue weighted by molar-refractivity contribution is 14.0. The number of nitrogens with one attached hydrogen (secondary N) is 1. The van der Waals surface area contributed by atoms with Gasteiger partial charge in [-0.25, -0.2) is 4.99 Å². The van der Waals surface area contributed by atoms with E-state index in [2.05, 4.69) is 10.3 Å². The maximum Gasteiger partial charge on any atom is 0.243 e. The first-order valence-corrected chi connectivity index (χ1v) is 8.13. The number of likely N-dealkylation sites (N-methyl/N-ethyl adjacent to an activating group) is 1. The number of fused-ring (bicyclic) bond motifs is 1. The van der Waals surface area contributed by atoms with Gasteiger partial charge in [-0.1, -0.05) is 6.07 Å². The summed E-state index contributed by atoms with van der Waals surface area (Å²) in [4.78, 5) is 19.9. The van der Waals surface area contributed by atoms with Crippen LogP contribution in [0, 0.1) is 0 Å². The van der Waals surface area contributed by atoms with E-state index in [1.165, 1.54) is 0 Å². The van der Waals surface area contributed by atoms with Crippen molar-refractivity contribution >= 4 is 35.8 Å². The molecule has 1 aromatic carbocycles. The van der Waals surface area contributed by atoms with Crippen LogP contribution >= 0.6 is 24.0 Å². The number of aliphatic imine (C=N–C) groups is 1. The van der Waals surface area contributed by atoms with E-state index in [4.69, 9.17) is 9.47 Å². The zero-order valence-electron chi connectivity index (χ0n) is 14.8. The standard InChI is InChI=1S/C17H24N4O3.HI/c1-20(2)16(22)9-18-17(19-13-5-6-13)21(3)10-12-4-7-14-15(8-12)24-11-23-14;/h4,7-8,13H,5-6,9-11H2,1-3H3,(H,18,19);1H. The number of rotatable bonds is 5. The molecule has 7 nitrogen and oxygen atoms in total. The summed E-state index contributed by atoms with van der Waals surface area (Å²) in [7, 11) is 5.45. The van der Waals surface area contributed by atoms with Crippen molar-refractivity contribution in [2.75, 3.05) is 34.5 Å². The molecule has 0 saturated heterocycles. The Morgan fingerprint density at radius 2 is 1.96 bits per heavy atom. The van der Waals surface area contributed by atoms with Crippen LogP contribution in [-0.4, -0.2) is 62.2 Å². The van der Waals surface area contributed by atoms with Gasteiger partial charge in [-0.15, -0.1) is 24.0 Å². The normalized spacial score (nSPS) is 15.4. The first kappa shape index (κ1) is 19.6. The van der Waals surface area contributed by atoms with Gasteiger partial charge in [-0.05, 0) is 30.5 Å². The third-order valence-corrected chi connectivity index (χ3v) is 3.99. The van der Waals surface area contributed by atoms with Crippen LogP contribution in [0.1, 0.15) is 18.4 Å². The number of nitrogens with zero attached hydrogens (tertiary/aromatic N) is 3. The zero-order valence-corrected chi connectivity index (χ0v) is 17.1. The molecule has 1 aliphatic carbocycles. The van der Waals surface area contributed by atoms with Crippen LogP contribution in [-0.2, 0) is 11.3 Å². The minimum absolute atomic E-state index is 0. The molecule has 25 heavy (non-hydrogen) atoms. The fourth-order valence-corrected chi connectivity index (χ4v) is 2.36. The van der Waals surface area contributed by atoms with E-state index in [0.717, 1.165) is 35.9 Å². The number of carbonyl (C=O) groups is 1. The monoisotopic (exact) mass is 460 g/mol. The summed E-state index contributed by atoms with van der Waals surface area (Å²) < 4.78 is 10.8. The number of halogens is 1. The quantitative estimate of drug-likeness (QED) is 0.412. The molecule has 1 saturated carbocycles. The van der Waals surface area contributed by atoms with Gasteiger partial charge in [0.25, 0.3) is 0 Å². The van der Waals surface area contributed by atoms with Gasteiger partial charge in [0.05, 0.1) is 0 Å². The number of hydrogen-bond acceptors (Lipinski definition) is 4. The smallest absolute Gasteiger partial charge is 0.243 e. The van der Waals surface area contributed by atoms with Crippen molar-refractivity contribution in [3.05, 3.63) is 23.8 Å². The van der Waals surface area contributed by atoms with Crippen LogP contribution in [0.3, 0.4) is 0 Å². The van der Waals surface area contributed by atoms with Gasteiger partial charge in [0.1, 0.15) is 6.54 Å². The molecule has 0 atom stereocenters. The van der Waals surface area contributed by atoms with E-state index in [9.17, 15) is 4.79 Å². The Balaban J connectivity index is 0.00000225. The Labute approximate surface area is 165 Å². The average Bonchev–Trinajstić information content (AvgIpc) is 3.25. The first-order chi connectivity index (χ1) is 11.5. The van der Waals surface area contributed by atoms with Crippen molar-refractivity contribution in [1.29, 1.82) is 0 Å². The zero-order chi connectivity index (χ0) is 17.1. The second kappa shape index (κ2) is 8.59. The third-order valence-electron chi connectivity index (χ3n) is 3.99. The lowest BCUT2D eigenvalue weighted by Gasteiger charge is -2.23. The van der Waals surface area contributed by atoms with E-state index < -0.39 is 0 Å². The van der Waals surface area contributed by atoms with E-state index in [1.54, 1.807) is 19.0 Å². The van der Waals surface area contributed by atoms with Crippen molar-refractivity contribution in [1.82, 2.24) is 15.1 Å². The maximum absolute atomic E-state index is 11.8. The molecular weight excluding hydrogens is 435 g/mol. The first-order valence-electron chi connectivity index (χ1n) is 8.13. The minimum atomic E-state index is -0.0124. The molecule has 1 N–H and O–H groups in total. The van der Waals surface area contributed by atoms with Crippen molar-refractivity contribution in [2.24, 2.45) is 4.99 Å². The molecular formula is C17H25IN4O3. The summed E-state index contributed by atoms with van der Waals surface area (Å²) in [5.41, 5.74) is 1.10. The van der Waals surface area contributed by atoms with Crippen molar-refractivity contribution < 1.29 is 14.3 Å². The van der Waals surface area contributed by atoms with Crippen molar-refractivity contribution in [3.8, 4) is 11.5 Å². The Morgan fingerprint density at radius 1 is 1.24 bits per heavy atom. The Kier molecular flexibility index (Phi) is 6.74. The Hall–Kier alpha value is -1.71. The molecule has 0 aromatic heterocycles. The highest BCUT2D eigenvalue weighted by atomic mass is 127. The van der Waals surface area contributed by atoms with E-state index in [1.807, 2.05) is 30.1 Å². The molecule has 0 unspecified atom stereocenters. The number of hydrogen-bond donors (Lipinski definition) is 1. The molecule has 1 fully saturated rings. The summed E-state index contributed by atoms with van der Waals surface area (Å²) in [6, 6.07) is 6.39. The number of ether oxygens (including phenoxy) is 2. The number of guanidine groups is 1. The lowest BCUT2D eigenvalue weighted by Crippen LogP contribution is -2.40. The van der Waals surface area contributed by atoms with Crippen LogP contribution in [0.25, 0.3) is 0 Å². The third kappa shape index (κ3) is 5.38. The lowest BCUT2D eigenvalue weighted by atomic mass is 10.2. The average molecular weight is 460 g/mol. The molecule has 1 aromatic rings. The molecule has 138 valence electrons. The summed E-state index contributed by atoms with van der Waals surface area (Å²) in [5.74, 6) is 2.30.